The predicted octanol–water partition coefficient (Wildman–Crippen LogP) is 3.57. The second kappa shape index (κ2) is 5.84. The van der Waals surface area contributed by atoms with E-state index in [0.29, 0.717) is 5.92 Å². The van der Waals surface area contributed by atoms with Gasteiger partial charge in [-0.2, -0.15) is 4.98 Å². The van der Waals surface area contributed by atoms with E-state index >= 15 is 0 Å². The van der Waals surface area contributed by atoms with Crippen LogP contribution in [0.15, 0.2) is 4.52 Å². The second-order valence-corrected chi connectivity index (χ2v) is 6.92. The molecule has 1 aromatic rings. The van der Waals surface area contributed by atoms with Crippen molar-refractivity contribution in [3.63, 3.8) is 0 Å². The molecule has 0 amide bonds. The summed E-state index contributed by atoms with van der Waals surface area (Å²) in [4.78, 5) is 4.64. The molecular weight excluding hydrogens is 250 g/mol. The van der Waals surface area contributed by atoms with Gasteiger partial charge in [0.05, 0.1) is 0 Å². The summed E-state index contributed by atoms with van der Waals surface area (Å²) < 4.78 is 5.46. The quantitative estimate of drug-likeness (QED) is 0.913. The van der Waals surface area contributed by atoms with Crippen molar-refractivity contribution in [3.05, 3.63) is 11.7 Å². The molecule has 1 heterocycles. The zero-order chi connectivity index (χ0) is 14.0. The molecule has 0 spiro atoms. The first-order valence-electron chi connectivity index (χ1n) is 8.30. The van der Waals surface area contributed by atoms with Crippen molar-refractivity contribution in [2.45, 2.75) is 82.6 Å². The van der Waals surface area contributed by atoms with E-state index in [4.69, 9.17) is 10.3 Å². The van der Waals surface area contributed by atoms with E-state index in [1.807, 2.05) is 0 Å². The van der Waals surface area contributed by atoms with E-state index in [1.54, 1.807) is 0 Å². The number of nitrogens with two attached hydrogens (primary N) is 1. The number of nitrogens with zero attached hydrogens (tertiary/aromatic N) is 2. The monoisotopic (exact) mass is 277 g/mol. The Morgan fingerprint density at radius 1 is 1.20 bits per heavy atom. The number of hydrogen-bond donors (Lipinski definition) is 1. The Bertz CT molecular complexity index is 429. The molecule has 2 aliphatic rings. The van der Waals surface area contributed by atoms with Crippen LogP contribution in [-0.4, -0.2) is 15.7 Å². The molecule has 20 heavy (non-hydrogen) atoms. The van der Waals surface area contributed by atoms with Crippen LogP contribution in [0.25, 0.3) is 0 Å². The molecule has 0 atom stereocenters. The Kier molecular flexibility index (Phi) is 4.11. The van der Waals surface area contributed by atoms with Gasteiger partial charge in [0, 0.05) is 17.9 Å². The average Bonchev–Trinajstić information content (AvgIpc) is 3.09. The Balaban J connectivity index is 1.59. The molecule has 0 saturated heterocycles. The lowest BCUT2D eigenvalue weighted by molar-refractivity contribution is 0.299. The molecule has 0 unspecified atom stereocenters. The fourth-order valence-electron chi connectivity index (χ4n) is 3.89. The summed E-state index contributed by atoms with van der Waals surface area (Å²) in [5.41, 5.74) is 6.29. The molecule has 2 fully saturated rings. The van der Waals surface area contributed by atoms with Gasteiger partial charge in [0.15, 0.2) is 5.82 Å². The standard InChI is InChI=1S/C16H27N3O/c1-2-12-5-7-13(8-6-12)15-18-14(20-19-15)11-16(17)9-3-4-10-16/h12-13H,2-11,17H2,1H3. The molecule has 0 radical (unpaired) electrons. The molecule has 1 aromatic heterocycles. The minimum Gasteiger partial charge on any atom is -0.339 e. The van der Waals surface area contributed by atoms with Crippen LogP contribution in [0, 0.1) is 5.92 Å². The Hall–Kier alpha value is -0.900. The van der Waals surface area contributed by atoms with E-state index < -0.39 is 0 Å². The van der Waals surface area contributed by atoms with E-state index in [9.17, 15) is 0 Å². The van der Waals surface area contributed by atoms with Crippen molar-refractivity contribution in [3.8, 4) is 0 Å². The summed E-state index contributed by atoms with van der Waals surface area (Å²) in [6.07, 6.45) is 11.8. The van der Waals surface area contributed by atoms with Gasteiger partial charge in [0.25, 0.3) is 0 Å². The first-order chi connectivity index (χ1) is 9.68. The zero-order valence-electron chi connectivity index (χ0n) is 12.6. The van der Waals surface area contributed by atoms with Crippen molar-refractivity contribution in [1.29, 1.82) is 0 Å². The third kappa shape index (κ3) is 3.05. The molecule has 2 N–H and O–H groups in total. The van der Waals surface area contributed by atoms with Crippen LogP contribution in [0.5, 0.6) is 0 Å². The fraction of sp³-hybridized carbons (Fsp3) is 0.875. The lowest BCUT2D eigenvalue weighted by atomic mass is 9.80. The zero-order valence-corrected chi connectivity index (χ0v) is 12.6. The van der Waals surface area contributed by atoms with Crippen LogP contribution in [0.4, 0.5) is 0 Å². The number of hydrogen-bond acceptors (Lipinski definition) is 4. The molecule has 112 valence electrons. The highest BCUT2D eigenvalue weighted by Gasteiger charge is 2.32. The van der Waals surface area contributed by atoms with E-state index in [2.05, 4.69) is 17.1 Å². The normalized spacial score (nSPS) is 29.7. The van der Waals surface area contributed by atoms with Crippen molar-refractivity contribution in [2.75, 3.05) is 0 Å². The molecule has 4 heteroatoms. The minimum absolute atomic E-state index is 0.0936. The Labute approximate surface area is 121 Å². The van der Waals surface area contributed by atoms with Gasteiger partial charge in [-0.1, -0.05) is 31.3 Å². The molecule has 0 aliphatic heterocycles. The maximum Gasteiger partial charge on any atom is 0.228 e. The van der Waals surface area contributed by atoms with E-state index in [0.717, 1.165) is 36.9 Å². The molecule has 0 bridgehead atoms. The highest BCUT2D eigenvalue weighted by Crippen LogP contribution is 2.36. The maximum atomic E-state index is 6.39. The molecular formula is C16H27N3O. The van der Waals surface area contributed by atoms with Gasteiger partial charge < -0.3 is 10.3 Å². The maximum absolute atomic E-state index is 6.39. The van der Waals surface area contributed by atoms with Gasteiger partial charge >= 0.3 is 0 Å². The SMILES string of the molecule is CCC1CCC(c2noc(CC3(N)CCCC3)n2)CC1. The molecule has 3 rings (SSSR count). The van der Waals surface area contributed by atoms with Crippen LogP contribution in [0.1, 0.15) is 82.3 Å². The largest absolute Gasteiger partial charge is 0.339 e. The Morgan fingerprint density at radius 2 is 1.90 bits per heavy atom. The van der Waals surface area contributed by atoms with Gasteiger partial charge in [-0.05, 0) is 44.4 Å². The summed E-state index contributed by atoms with van der Waals surface area (Å²) in [6, 6.07) is 0. The average molecular weight is 277 g/mol. The highest BCUT2D eigenvalue weighted by molar-refractivity contribution is 5.02. The highest BCUT2D eigenvalue weighted by atomic mass is 16.5. The summed E-state index contributed by atoms with van der Waals surface area (Å²) in [5, 5.41) is 4.22. The van der Waals surface area contributed by atoms with Crippen molar-refractivity contribution in [2.24, 2.45) is 11.7 Å². The molecule has 2 saturated carbocycles. The molecule has 4 nitrogen and oxygen atoms in total. The topological polar surface area (TPSA) is 64.9 Å². The summed E-state index contributed by atoms with van der Waals surface area (Å²) in [5.74, 6) is 3.09. The molecule has 2 aliphatic carbocycles. The third-order valence-corrected chi connectivity index (χ3v) is 5.38. The predicted molar refractivity (Wildman–Crippen MR) is 78.4 cm³/mol. The lowest BCUT2D eigenvalue weighted by Gasteiger charge is -2.25. The Morgan fingerprint density at radius 3 is 2.55 bits per heavy atom. The lowest BCUT2D eigenvalue weighted by Crippen LogP contribution is -2.38. The second-order valence-electron chi connectivity index (χ2n) is 6.92. The van der Waals surface area contributed by atoms with Gasteiger partial charge in [-0.25, -0.2) is 0 Å². The van der Waals surface area contributed by atoms with Crippen LogP contribution in [0.2, 0.25) is 0 Å². The fourth-order valence-corrected chi connectivity index (χ4v) is 3.89. The van der Waals surface area contributed by atoms with Gasteiger partial charge in [0.1, 0.15) is 0 Å². The van der Waals surface area contributed by atoms with Crippen LogP contribution >= 0.6 is 0 Å². The summed E-state index contributed by atoms with van der Waals surface area (Å²) in [7, 11) is 0. The number of aromatic nitrogens is 2. The van der Waals surface area contributed by atoms with E-state index in [1.165, 1.54) is 44.9 Å². The molecule has 0 aromatic carbocycles. The van der Waals surface area contributed by atoms with E-state index in [-0.39, 0.29) is 5.54 Å². The van der Waals surface area contributed by atoms with Crippen molar-refractivity contribution >= 4 is 0 Å². The summed E-state index contributed by atoms with van der Waals surface area (Å²) in [6.45, 7) is 2.29. The van der Waals surface area contributed by atoms with Gasteiger partial charge in [-0.15, -0.1) is 0 Å². The van der Waals surface area contributed by atoms with Crippen LogP contribution in [0.3, 0.4) is 0 Å². The smallest absolute Gasteiger partial charge is 0.228 e. The summed E-state index contributed by atoms with van der Waals surface area (Å²) >= 11 is 0. The van der Waals surface area contributed by atoms with Crippen molar-refractivity contribution in [1.82, 2.24) is 10.1 Å². The first-order valence-corrected chi connectivity index (χ1v) is 8.30. The van der Waals surface area contributed by atoms with Crippen LogP contribution < -0.4 is 5.73 Å². The van der Waals surface area contributed by atoms with Gasteiger partial charge in [-0.3, -0.25) is 0 Å². The first kappa shape index (κ1) is 14.1. The van der Waals surface area contributed by atoms with Crippen molar-refractivity contribution < 1.29 is 4.52 Å². The van der Waals surface area contributed by atoms with Gasteiger partial charge in [0.2, 0.25) is 5.89 Å². The third-order valence-electron chi connectivity index (χ3n) is 5.38. The minimum atomic E-state index is -0.0936. The number of rotatable bonds is 4. The van der Waals surface area contributed by atoms with Crippen LogP contribution in [-0.2, 0) is 6.42 Å².